The number of hydrogen-bond acceptors (Lipinski definition) is 2. The van der Waals surface area contributed by atoms with Crippen molar-refractivity contribution in [3.8, 4) is 0 Å². The summed E-state index contributed by atoms with van der Waals surface area (Å²) < 4.78 is 0. The Bertz CT molecular complexity index is 500. The summed E-state index contributed by atoms with van der Waals surface area (Å²) in [6.45, 7) is 3.13. The molecule has 21 heavy (non-hydrogen) atoms. The number of carbonyl (C=O) groups is 1. The molecule has 0 radical (unpaired) electrons. The highest BCUT2D eigenvalue weighted by Crippen LogP contribution is 2.33. The highest BCUT2D eigenvalue weighted by molar-refractivity contribution is 5.78. The Hall–Kier alpha value is -1.51. The molecule has 114 valence electrons. The molecule has 0 saturated heterocycles. The fourth-order valence-electron chi connectivity index (χ4n) is 3.92. The lowest BCUT2D eigenvalue weighted by atomic mass is 9.82. The van der Waals surface area contributed by atoms with Crippen molar-refractivity contribution in [1.82, 2.24) is 5.32 Å². The standard InChI is InChI=1S/C18H26N2O/c1-2-13-7-3-5-9-16(13)20-18(21)11-14-12-19-17-10-6-4-8-15(14)17/h4,6,8,10,13-14,16,19H,2-3,5,7,9,11-12H2,1H3,(H,20,21). The Morgan fingerprint density at radius 2 is 2.10 bits per heavy atom. The van der Waals surface area contributed by atoms with Crippen LogP contribution < -0.4 is 10.6 Å². The molecule has 0 bridgehead atoms. The number of carbonyl (C=O) groups excluding carboxylic acids is 1. The van der Waals surface area contributed by atoms with Gasteiger partial charge in [-0.25, -0.2) is 0 Å². The number of rotatable bonds is 4. The lowest BCUT2D eigenvalue weighted by Crippen LogP contribution is -2.42. The molecule has 1 aliphatic heterocycles. The van der Waals surface area contributed by atoms with Crippen LogP contribution in [0, 0.1) is 5.92 Å². The van der Waals surface area contributed by atoms with Gasteiger partial charge in [0.1, 0.15) is 0 Å². The number of benzene rings is 1. The Kier molecular flexibility index (Phi) is 4.47. The summed E-state index contributed by atoms with van der Waals surface area (Å²) >= 11 is 0. The smallest absolute Gasteiger partial charge is 0.220 e. The highest BCUT2D eigenvalue weighted by Gasteiger charge is 2.28. The molecule has 1 amide bonds. The Morgan fingerprint density at radius 3 is 2.95 bits per heavy atom. The molecule has 3 atom stereocenters. The third-order valence-corrected chi connectivity index (χ3v) is 5.15. The summed E-state index contributed by atoms with van der Waals surface area (Å²) in [4.78, 5) is 12.4. The second-order valence-electron chi connectivity index (χ2n) is 6.50. The van der Waals surface area contributed by atoms with Gasteiger partial charge >= 0.3 is 0 Å². The fraction of sp³-hybridized carbons (Fsp3) is 0.611. The van der Waals surface area contributed by atoms with Crippen LogP contribution in [0.25, 0.3) is 0 Å². The van der Waals surface area contributed by atoms with Crippen molar-refractivity contribution in [2.24, 2.45) is 5.92 Å². The number of nitrogens with one attached hydrogen (secondary N) is 2. The third-order valence-electron chi connectivity index (χ3n) is 5.15. The molecule has 1 fully saturated rings. The molecule has 2 aliphatic rings. The van der Waals surface area contributed by atoms with Crippen molar-refractivity contribution < 1.29 is 4.79 Å². The van der Waals surface area contributed by atoms with Gasteiger partial charge < -0.3 is 10.6 Å². The van der Waals surface area contributed by atoms with Gasteiger partial charge in [0, 0.05) is 30.6 Å². The first-order chi connectivity index (χ1) is 10.3. The molecule has 3 unspecified atom stereocenters. The van der Waals surface area contributed by atoms with Gasteiger partial charge in [0.2, 0.25) is 5.91 Å². The minimum Gasteiger partial charge on any atom is -0.384 e. The molecule has 3 heteroatoms. The summed E-state index contributed by atoms with van der Waals surface area (Å²) in [5.74, 6) is 1.23. The van der Waals surface area contributed by atoms with E-state index in [4.69, 9.17) is 0 Å². The van der Waals surface area contributed by atoms with E-state index < -0.39 is 0 Å². The van der Waals surface area contributed by atoms with Crippen LogP contribution in [-0.2, 0) is 4.79 Å². The summed E-state index contributed by atoms with van der Waals surface area (Å²) in [6.07, 6.45) is 6.80. The molecular formula is C18H26N2O. The van der Waals surface area contributed by atoms with Gasteiger partial charge in [0.25, 0.3) is 0 Å². The van der Waals surface area contributed by atoms with Crippen molar-refractivity contribution in [3.63, 3.8) is 0 Å². The van der Waals surface area contributed by atoms with Crippen LogP contribution in [0.3, 0.4) is 0 Å². The molecule has 0 aromatic heterocycles. The largest absolute Gasteiger partial charge is 0.384 e. The molecule has 0 spiro atoms. The first-order valence-electron chi connectivity index (χ1n) is 8.40. The van der Waals surface area contributed by atoms with Gasteiger partial charge in [0.15, 0.2) is 0 Å². The van der Waals surface area contributed by atoms with Crippen LogP contribution >= 0.6 is 0 Å². The molecule has 3 rings (SSSR count). The summed E-state index contributed by atoms with van der Waals surface area (Å²) in [5.41, 5.74) is 2.49. The molecule has 1 aromatic rings. The SMILES string of the molecule is CCC1CCCCC1NC(=O)CC1CNc2ccccc21. The Labute approximate surface area is 127 Å². The zero-order chi connectivity index (χ0) is 14.7. The number of amides is 1. The van der Waals surface area contributed by atoms with Gasteiger partial charge in [0.05, 0.1) is 0 Å². The Morgan fingerprint density at radius 1 is 1.29 bits per heavy atom. The predicted molar refractivity (Wildman–Crippen MR) is 86.5 cm³/mol. The van der Waals surface area contributed by atoms with Crippen molar-refractivity contribution >= 4 is 11.6 Å². The van der Waals surface area contributed by atoms with Crippen LogP contribution in [0.1, 0.15) is 56.9 Å². The first kappa shape index (κ1) is 14.4. The van der Waals surface area contributed by atoms with Crippen molar-refractivity contribution in [2.45, 2.75) is 57.4 Å². The van der Waals surface area contributed by atoms with E-state index in [0.29, 0.717) is 24.3 Å². The molecular weight excluding hydrogens is 260 g/mol. The maximum absolute atomic E-state index is 12.4. The van der Waals surface area contributed by atoms with Crippen LogP contribution in [0.4, 0.5) is 5.69 Å². The van der Waals surface area contributed by atoms with Crippen LogP contribution in [0.2, 0.25) is 0 Å². The van der Waals surface area contributed by atoms with E-state index in [2.05, 4.69) is 35.8 Å². The van der Waals surface area contributed by atoms with Gasteiger partial charge in [-0.05, 0) is 30.4 Å². The van der Waals surface area contributed by atoms with Crippen molar-refractivity contribution in [3.05, 3.63) is 29.8 Å². The van der Waals surface area contributed by atoms with Crippen molar-refractivity contribution in [2.75, 3.05) is 11.9 Å². The van der Waals surface area contributed by atoms with E-state index in [1.807, 2.05) is 6.07 Å². The fourth-order valence-corrected chi connectivity index (χ4v) is 3.92. The molecule has 1 heterocycles. The van der Waals surface area contributed by atoms with Gasteiger partial charge in [-0.3, -0.25) is 4.79 Å². The van der Waals surface area contributed by atoms with Crippen molar-refractivity contribution in [1.29, 1.82) is 0 Å². The summed E-state index contributed by atoms with van der Waals surface area (Å²) in [7, 11) is 0. The zero-order valence-electron chi connectivity index (χ0n) is 12.9. The quantitative estimate of drug-likeness (QED) is 0.886. The molecule has 1 aromatic carbocycles. The van der Waals surface area contributed by atoms with E-state index in [0.717, 1.165) is 13.0 Å². The van der Waals surface area contributed by atoms with E-state index in [1.54, 1.807) is 0 Å². The number of para-hydroxylation sites is 1. The Balaban J connectivity index is 1.57. The first-order valence-corrected chi connectivity index (χ1v) is 8.40. The van der Waals surface area contributed by atoms with E-state index in [1.165, 1.54) is 36.9 Å². The van der Waals surface area contributed by atoms with Gasteiger partial charge in [-0.15, -0.1) is 0 Å². The van der Waals surface area contributed by atoms with E-state index in [-0.39, 0.29) is 5.91 Å². The highest BCUT2D eigenvalue weighted by atomic mass is 16.1. The minimum absolute atomic E-state index is 0.226. The second kappa shape index (κ2) is 6.50. The average molecular weight is 286 g/mol. The van der Waals surface area contributed by atoms with Crippen LogP contribution in [-0.4, -0.2) is 18.5 Å². The second-order valence-corrected chi connectivity index (χ2v) is 6.50. The zero-order valence-corrected chi connectivity index (χ0v) is 12.9. The predicted octanol–water partition coefficient (Wildman–Crippen LogP) is 3.67. The summed E-state index contributed by atoms with van der Waals surface area (Å²) in [5, 5.41) is 6.71. The van der Waals surface area contributed by atoms with Gasteiger partial charge in [-0.1, -0.05) is 44.4 Å². The third kappa shape index (κ3) is 3.22. The average Bonchev–Trinajstić information content (AvgIpc) is 2.91. The number of fused-ring (bicyclic) bond motifs is 1. The van der Waals surface area contributed by atoms with E-state index >= 15 is 0 Å². The summed E-state index contributed by atoms with van der Waals surface area (Å²) in [6, 6.07) is 8.75. The van der Waals surface area contributed by atoms with Gasteiger partial charge in [-0.2, -0.15) is 0 Å². The molecule has 2 N–H and O–H groups in total. The van der Waals surface area contributed by atoms with Crippen LogP contribution in [0.15, 0.2) is 24.3 Å². The lowest BCUT2D eigenvalue weighted by molar-refractivity contribution is -0.122. The van der Waals surface area contributed by atoms with Crippen LogP contribution in [0.5, 0.6) is 0 Å². The molecule has 3 nitrogen and oxygen atoms in total. The lowest BCUT2D eigenvalue weighted by Gasteiger charge is -2.31. The monoisotopic (exact) mass is 286 g/mol. The molecule has 1 aliphatic carbocycles. The maximum atomic E-state index is 12.4. The maximum Gasteiger partial charge on any atom is 0.220 e. The topological polar surface area (TPSA) is 41.1 Å². The minimum atomic E-state index is 0.226. The number of anilines is 1. The number of hydrogen-bond donors (Lipinski definition) is 2. The van der Waals surface area contributed by atoms with E-state index in [9.17, 15) is 4.79 Å². The normalized spacial score (nSPS) is 27.8. The molecule has 1 saturated carbocycles.